The minimum absolute atomic E-state index is 0.144. The van der Waals surface area contributed by atoms with Crippen LogP contribution in [-0.4, -0.2) is 52.0 Å². The number of anilines is 1. The molecule has 0 saturated heterocycles. The Hall–Kier alpha value is -4.44. The number of fused-ring (bicyclic) bond motifs is 3. The zero-order valence-electron chi connectivity index (χ0n) is 22.9. The molecule has 2 aliphatic rings. The van der Waals surface area contributed by atoms with Gasteiger partial charge in [0.15, 0.2) is 5.17 Å². The van der Waals surface area contributed by atoms with Gasteiger partial charge in [-0.3, -0.25) is 19.4 Å². The molecule has 0 fully saturated rings. The number of aliphatic imine (C=N–C) groups is 2. The van der Waals surface area contributed by atoms with Gasteiger partial charge < -0.3 is 15.4 Å². The molecule has 2 atom stereocenters. The number of carbonyl (C=O) groups excluding carboxylic acids is 3. The number of benzene rings is 3. The number of hydrogen-bond acceptors (Lipinski definition) is 7. The molecular formula is C31H31N5O4S. The molecule has 10 heteroatoms. The first-order valence-corrected chi connectivity index (χ1v) is 14.4. The molecule has 41 heavy (non-hydrogen) atoms. The molecule has 210 valence electrons. The fraction of sp³-hybridized carbons (Fsp3) is 0.258. The van der Waals surface area contributed by atoms with E-state index in [1.807, 2.05) is 73.7 Å². The summed E-state index contributed by atoms with van der Waals surface area (Å²) in [6.45, 7) is 2.34. The maximum absolute atomic E-state index is 13.6. The quantitative estimate of drug-likeness (QED) is 0.361. The van der Waals surface area contributed by atoms with Gasteiger partial charge >= 0.3 is 0 Å². The molecule has 0 saturated carbocycles. The predicted octanol–water partition coefficient (Wildman–Crippen LogP) is 4.90. The SMILES string of the molecule is CC[C@H](SC1=Nc2ccccc2C2=N[C@H](CCC(=O)NCc3ccccc3)C(=O)N12)C(=O)Nc1ccccc1OC. The van der Waals surface area contributed by atoms with Crippen LogP contribution in [0.4, 0.5) is 11.4 Å². The number of rotatable bonds is 10. The number of thioether (sulfide) groups is 1. The Kier molecular flexibility index (Phi) is 8.79. The highest BCUT2D eigenvalue weighted by Gasteiger charge is 2.42. The third-order valence-electron chi connectivity index (χ3n) is 6.80. The van der Waals surface area contributed by atoms with E-state index in [1.54, 1.807) is 19.2 Å². The Morgan fingerprint density at radius 3 is 2.54 bits per heavy atom. The molecule has 2 heterocycles. The fourth-order valence-electron chi connectivity index (χ4n) is 4.63. The van der Waals surface area contributed by atoms with Crippen LogP contribution < -0.4 is 15.4 Å². The molecule has 0 bridgehead atoms. The van der Waals surface area contributed by atoms with Gasteiger partial charge in [-0.05, 0) is 42.7 Å². The first-order chi connectivity index (χ1) is 20.0. The van der Waals surface area contributed by atoms with Gasteiger partial charge in [-0.15, -0.1) is 0 Å². The van der Waals surface area contributed by atoms with Gasteiger partial charge in [-0.2, -0.15) is 0 Å². The minimum Gasteiger partial charge on any atom is -0.495 e. The van der Waals surface area contributed by atoms with Crippen LogP contribution in [0.5, 0.6) is 5.75 Å². The average Bonchev–Trinajstić information content (AvgIpc) is 3.34. The number of amides is 3. The summed E-state index contributed by atoms with van der Waals surface area (Å²) < 4.78 is 5.37. The van der Waals surface area contributed by atoms with Crippen molar-refractivity contribution in [3.63, 3.8) is 0 Å². The Bertz CT molecular complexity index is 1510. The van der Waals surface area contributed by atoms with E-state index < -0.39 is 11.3 Å². The second-order valence-electron chi connectivity index (χ2n) is 9.56. The van der Waals surface area contributed by atoms with E-state index in [0.717, 1.165) is 11.1 Å². The largest absolute Gasteiger partial charge is 0.495 e. The van der Waals surface area contributed by atoms with Gasteiger partial charge in [-0.1, -0.05) is 73.3 Å². The van der Waals surface area contributed by atoms with Crippen molar-refractivity contribution in [2.45, 2.75) is 44.0 Å². The van der Waals surface area contributed by atoms with E-state index in [0.29, 0.717) is 41.1 Å². The van der Waals surface area contributed by atoms with Crippen molar-refractivity contribution < 1.29 is 19.1 Å². The number of methoxy groups -OCH3 is 1. The second kappa shape index (κ2) is 12.8. The number of amidine groups is 2. The number of carbonyl (C=O) groups is 3. The van der Waals surface area contributed by atoms with E-state index >= 15 is 0 Å². The molecule has 3 aromatic carbocycles. The summed E-state index contributed by atoms with van der Waals surface area (Å²) in [7, 11) is 1.55. The van der Waals surface area contributed by atoms with Crippen LogP contribution in [0.15, 0.2) is 88.8 Å². The Morgan fingerprint density at radius 2 is 1.76 bits per heavy atom. The lowest BCUT2D eigenvalue weighted by Gasteiger charge is -2.27. The molecule has 0 aromatic heterocycles. The van der Waals surface area contributed by atoms with Gasteiger partial charge in [-0.25, -0.2) is 9.89 Å². The van der Waals surface area contributed by atoms with Crippen LogP contribution in [0.2, 0.25) is 0 Å². The molecule has 3 aromatic rings. The maximum atomic E-state index is 13.6. The van der Waals surface area contributed by atoms with Crippen LogP contribution in [0.25, 0.3) is 0 Å². The zero-order chi connectivity index (χ0) is 28.8. The smallest absolute Gasteiger partial charge is 0.259 e. The van der Waals surface area contributed by atoms with Crippen molar-refractivity contribution in [2.75, 3.05) is 12.4 Å². The number of ether oxygens (including phenoxy) is 1. The highest BCUT2D eigenvalue weighted by molar-refractivity contribution is 8.15. The van der Waals surface area contributed by atoms with Crippen LogP contribution >= 0.6 is 11.8 Å². The Labute approximate surface area is 243 Å². The summed E-state index contributed by atoms with van der Waals surface area (Å²) in [5.74, 6) is 0.439. The van der Waals surface area contributed by atoms with Gasteiger partial charge in [0.05, 0.1) is 23.7 Å². The van der Waals surface area contributed by atoms with E-state index in [2.05, 4.69) is 10.6 Å². The van der Waals surface area contributed by atoms with Crippen molar-refractivity contribution >= 4 is 51.9 Å². The van der Waals surface area contributed by atoms with Crippen molar-refractivity contribution in [3.8, 4) is 5.75 Å². The molecule has 2 N–H and O–H groups in total. The van der Waals surface area contributed by atoms with Crippen molar-refractivity contribution in [3.05, 3.63) is 90.0 Å². The second-order valence-corrected chi connectivity index (χ2v) is 10.7. The van der Waals surface area contributed by atoms with Gasteiger partial charge in [0, 0.05) is 18.5 Å². The van der Waals surface area contributed by atoms with Gasteiger partial charge in [0.2, 0.25) is 11.8 Å². The zero-order valence-corrected chi connectivity index (χ0v) is 23.7. The number of hydrogen-bond donors (Lipinski definition) is 2. The summed E-state index contributed by atoms with van der Waals surface area (Å²) in [6.07, 6.45) is 0.935. The van der Waals surface area contributed by atoms with Crippen molar-refractivity contribution in [1.29, 1.82) is 0 Å². The van der Waals surface area contributed by atoms with Crippen LogP contribution in [0, 0.1) is 0 Å². The number of nitrogens with one attached hydrogen (secondary N) is 2. The van der Waals surface area contributed by atoms with E-state index in [-0.39, 0.29) is 30.6 Å². The summed E-state index contributed by atoms with van der Waals surface area (Å²) in [4.78, 5) is 50.5. The van der Waals surface area contributed by atoms with Crippen molar-refractivity contribution in [1.82, 2.24) is 10.2 Å². The van der Waals surface area contributed by atoms with Crippen molar-refractivity contribution in [2.24, 2.45) is 9.98 Å². The van der Waals surface area contributed by atoms with Gasteiger partial charge in [0.25, 0.3) is 5.91 Å². The van der Waals surface area contributed by atoms with Crippen LogP contribution in [-0.2, 0) is 20.9 Å². The molecule has 0 radical (unpaired) electrons. The normalized spacial score (nSPS) is 16.2. The summed E-state index contributed by atoms with van der Waals surface area (Å²) in [6, 6.07) is 23.6. The van der Waals surface area contributed by atoms with E-state index in [9.17, 15) is 14.4 Å². The number of para-hydroxylation sites is 3. The molecule has 0 spiro atoms. The lowest BCUT2D eigenvalue weighted by molar-refractivity contribution is -0.125. The monoisotopic (exact) mass is 569 g/mol. The molecule has 9 nitrogen and oxygen atoms in total. The molecule has 0 unspecified atom stereocenters. The molecule has 0 aliphatic carbocycles. The average molecular weight is 570 g/mol. The molecular weight excluding hydrogens is 538 g/mol. The summed E-state index contributed by atoms with van der Waals surface area (Å²) in [5, 5.41) is 5.71. The van der Waals surface area contributed by atoms with Gasteiger partial charge in [0.1, 0.15) is 17.6 Å². The highest BCUT2D eigenvalue weighted by Crippen LogP contribution is 2.36. The molecule has 3 amide bonds. The predicted molar refractivity (Wildman–Crippen MR) is 162 cm³/mol. The number of nitrogens with zero attached hydrogens (tertiary/aromatic N) is 3. The standard InChI is InChI=1S/C31H31N5O4S/c1-3-26(29(38)34-23-15-9-10-16-25(23)40-2)41-31-35-22-14-8-7-13-21(22)28-33-24(30(39)36(28)31)17-18-27(37)32-19-20-11-5-4-6-12-20/h4-16,24,26H,3,17-19H2,1-2H3,(H,32,37)(H,34,38)/t24-,26+/m1/s1. The third kappa shape index (κ3) is 6.33. The maximum Gasteiger partial charge on any atom is 0.259 e. The van der Waals surface area contributed by atoms with E-state index in [4.69, 9.17) is 14.7 Å². The first-order valence-electron chi connectivity index (χ1n) is 13.5. The lowest BCUT2D eigenvalue weighted by Crippen LogP contribution is -2.42. The lowest BCUT2D eigenvalue weighted by atomic mass is 10.1. The topological polar surface area (TPSA) is 112 Å². The van der Waals surface area contributed by atoms with Crippen LogP contribution in [0.3, 0.4) is 0 Å². The Morgan fingerprint density at radius 1 is 1.02 bits per heavy atom. The first kappa shape index (κ1) is 28.1. The third-order valence-corrected chi connectivity index (χ3v) is 8.12. The summed E-state index contributed by atoms with van der Waals surface area (Å²) in [5.41, 5.74) is 3.00. The minimum atomic E-state index is -0.716. The highest BCUT2D eigenvalue weighted by atomic mass is 32.2. The summed E-state index contributed by atoms with van der Waals surface area (Å²) >= 11 is 1.22. The molecule has 5 rings (SSSR count). The van der Waals surface area contributed by atoms with E-state index in [1.165, 1.54) is 16.7 Å². The fourth-order valence-corrected chi connectivity index (χ4v) is 5.65. The Balaban J connectivity index is 1.30. The van der Waals surface area contributed by atoms with Crippen LogP contribution in [0.1, 0.15) is 37.3 Å². The molecule has 2 aliphatic heterocycles.